The van der Waals surface area contributed by atoms with Crippen LogP contribution >= 0.6 is 0 Å². The van der Waals surface area contributed by atoms with Crippen molar-refractivity contribution in [1.82, 2.24) is 14.8 Å². The van der Waals surface area contributed by atoms with Crippen molar-refractivity contribution in [2.45, 2.75) is 12.8 Å². The summed E-state index contributed by atoms with van der Waals surface area (Å²) in [6, 6.07) is 6.05. The van der Waals surface area contributed by atoms with Crippen LogP contribution in [0.15, 0.2) is 24.4 Å². The normalized spacial score (nSPS) is 20.7. The number of carbonyl (C=O) groups excluding carboxylic acids is 1. The fourth-order valence-electron chi connectivity index (χ4n) is 2.94. The lowest BCUT2D eigenvalue weighted by Gasteiger charge is -2.36. The number of piperazine rings is 1. The van der Waals surface area contributed by atoms with Crippen molar-refractivity contribution in [2.24, 2.45) is 0 Å². The summed E-state index contributed by atoms with van der Waals surface area (Å²) >= 11 is 0. The Morgan fingerprint density at radius 1 is 1.05 bits per heavy atom. The summed E-state index contributed by atoms with van der Waals surface area (Å²) < 4.78 is 0. The predicted molar refractivity (Wildman–Crippen MR) is 78.7 cm³/mol. The molecule has 3 rings (SSSR count). The fourth-order valence-corrected chi connectivity index (χ4v) is 2.94. The molecule has 0 aliphatic carbocycles. The Morgan fingerprint density at radius 2 is 1.90 bits per heavy atom. The van der Waals surface area contributed by atoms with E-state index in [0.717, 1.165) is 64.5 Å². The largest absolute Gasteiger partial charge is 0.354 e. The van der Waals surface area contributed by atoms with Gasteiger partial charge in [-0.05, 0) is 18.6 Å². The molecule has 0 N–H and O–H groups in total. The van der Waals surface area contributed by atoms with Crippen LogP contribution in [0.3, 0.4) is 0 Å². The van der Waals surface area contributed by atoms with Crippen LogP contribution in [0.25, 0.3) is 0 Å². The summed E-state index contributed by atoms with van der Waals surface area (Å²) in [4.78, 5) is 22.8. The van der Waals surface area contributed by atoms with Crippen molar-refractivity contribution < 1.29 is 4.79 Å². The van der Waals surface area contributed by atoms with Crippen molar-refractivity contribution in [2.75, 3.05) is 50.7 Å². The quantitative estimate of drug-likeness (QED) is 0.815. The average molecular weight is 274 g/mol. The van der Waals surface area contributed by atoms with Gasteiger partial charge in [0.1, 0.15) is 5.82 Å². The topological polar surface area (TPSA) is 39.7 Å². The van der Waals surface area contributed by atoms with E-state index in [-0.39, 0.29) is 0 Å². The minimum absolute atomic E-state index is 0.331. The second-order valence-corrected chi connectivity index (χ2v) is 5.50. The summed E-state index contributed by atoms with van der Waals surface area (Å²) in [5.41, 5.74) is 0. The van der Waals surface area contributed by atoms with Crippen LogP contribution in [-0.4, -0.2) is 66.5 Å². The number of amides is 1. The van der Waals surface area contributed by atoms with Gasteiger partial charge in [0.2, 0.25) is 5.91 Å². The molecule has 0 spiro atoms. The van der Waals surface area contributed by atoms with Crippen LogP contribution in [0.4, 0.5) is 5.82 Å². The maximum absolute atomic E-state index is 11.6. The molecule has 1 amide bonds. The first-order valence-corrected chi connectivity index (χ1v) is 7.49. The van der Waals surface area contributed by atoms with Crippen molar-refractivity contribution in [3.05, 3.63) is 24.4 Å². The third-order valence-corrected chi connectivity index (χ3v) is 4.20. The maximum atomic E-state index is 11.6. The zero-order valence-electron chi connectivity index (χ0n) is 11.9. The SMILES string of the molecule is O=C1CCCN1CCN1CCN(c2ccccn2)CC1. The van der Waals surface area contributed by atoms with Gasteiger partial charge in [0.05, 0.1) is 0 Å². The monoisotopic (exact) mass is 274 g/mol. The van der Waals surface area contributed by atoms with E-state index in [1.165, 1.54) is 0 Å². The molecule has 0 aromatic carbocycles. The van der Waals surface area contributed by atoms with E-state index in [9.17, 15) is 4.79 Å². The second kappa shape index (κ2) is 6.22. The predicted octanol–water partition coefficient (Wildman–Crippen LogP) is 0.826. The number of nitrogens with zero attached hydrogens (tertiary/aromatic N) is 4. The number of anilines is 1. The first kappa shape index (κ1) is 13.4. The highest BCUT2D eigenvalue weighted by Crippen LogP contribution is 2.13. The van der Waals surface area contributed by atoms with Gasteiger partial charge in [-0.2, -0.15) is 0 Å². The van der Waals surface area contributed by atoms with Gasteiger partial charge in [-0.25, -0.2) is 4.98 Å². The molecule has 0 atom stereocenters. The van der Waals surface area contributed by atoms with Crippen molar-refractivity contribution in [1.29, 1.82) is 0 Å². The van der Waals surface area contributed by atoms with Crippen LogP contribution < -0.4 is 4.90 Å². The Hall–Kier alpha value is -1.62. The van der Waals surface area contributed by atoms with E-state index < -0.39 is 0 Å². The molecule has 2 aliphatic rings. The highest BCUT2D eigenvalue weighted by Gasteiger charge is 2.22. The van der Waals surface area contributed by atoms with Gasteiger partial charge in [0, 0.05) is 58.4 Å². The minimum atomic E-state index is 0.331. The number of likely N-dealkylation sites (tertiary alicyclic amines) is 1. The standard InChI is InChI=1S/C15H22N4O/c20-15-5-3-7-19(15)13-10-17-8-11-18(12-9-17)14-4-1-2-6-16-14/h1-2,4,6H,3,5,7-13H2. The van der Waals surface area contributed by atoms with Crippen molar-refractivity contribution in [3.8, 4) is 0 Å². The van der Waals surface area contributed by atoms with Crippen LogP contribution in [0.2, 0.25) is 0 Å². The van der Waals surface area contributed by atoms with E-state index in [0.29, 0.717) is 5.91 Å². The molecule has 1 aromatic heterocycles. The lowest BCUT2D eigenvalue weighted by atomic mass is 10.3. The van der Waals surface area contributed by atoms with E-state index >= 15 is 0 Å². The zero-order chi connectivity index (χ0) is 13.8. The molecular weight excluding hydrogens is 252 g/mol. The highest BCUT2D eigenvalue weighted by molar-refractivity contribution is 5.78. The molecular formula is C15H22N4O. The molecule has 0 radical (unpaired) electrons. The van der Waals surface area contributed by atoms with Gasteiger partial charge in [0.25, 0.3) is 0 Å². The van der Waals surface area contributed by atoms with E-state index in [2.05, 4.69) is 20.9 Å². The van der Waals surface area contributed by atoms with Crippen molar-refractivity contribution in [3.63, 3.8) is 0 Å². The minimum Gasteiger partial charge on any atom is -0.354 e. The lowest BCUT2D eigenvalue weighted by molar-refractivity contribution is -0.127. The Bertz CT molecular complexity index is 442. The van der Waals surface area contributed by atoms with Gasteiger partial charge in [0.15, 0.2) is 0 Å². The maximum Gasteiger partial charge on any atom is 0.222 e. The molecule has 5 nitrogen and oxygen atoms in total. The second-order valence-electron chi connectivity index (χ2n) is 5.50. The van der Waals surface area contributed by atoms with E-state index in [1.807, 2.05) is 23.2 Å². The van der Waals surface area contributed by atoms with Crippen molar-refractivity contribution >= 4 is 11.7 Å². The molecule has 2 aliphatic heterocycles. The van der Waals surface area contributed by atoms with Gasteiger partial charge in [-0.15, -0.1) is 0 Å². The highest BCUT2D eigenvalue weighted by atomic mass is 16.2. The van der Waals surface area contributed by atoms with Gasteiger partial charge in [-0.3, -0.25) is 9.69 Å². The average Bonchev–Trinajstić information content (AvgIpc) is 2.92. The van der Waals surface area contributed by atoms with Gasteiger partial charge < -0.3 is 9.80 Å². The molecule has 1 aromatic rings. The third-order valence-electron chi connectivity index (χ3n) is 4.20. The number of hydrogen-bond donors (Lipinski definition) is 0. The Labute approximate surface area is 120 Å². The number of rotatable bonds is 4. The molecule has 0 unspecified atom stereocenters. The summed E-state index contributed by atoms with van der Waals surface area (Å²) in [5.74, 6) is 1.40. The molecule has 0 bridgehead atoms. The molecule has 2 saturated heterocycles. The summed E-state index contributed by atoms with van der Waals surface area (Å²) in [6.45, 7) is 6.99. The summed E-state index contributed by atoms with van der Waals surface area (Å²) in [5, 5.41) is 0. The molecule has 0 saturated carbocycles. The number of pyridine rings is 1. The smallest absolute Gasteiger partial charge is 0.222 e. The van der Waals surface area contributed by atoms with E-state index in [4.69, 9.17) is 0 Å². The number of carbonyl (C=O) groups is 1. The molecule has 3 heterocycles. The summed E-state index contributed by atoms with van der Waals surface area (Å²) in [6.07, 6.45) is 3.63. The van der Waals surface area contributed by atoms with Crippen LogP contribution in [-0.2, 0) is 4.79 Å². The van der Waals surface area contributed by atoms with Crippen LogP contribution in [0, 0.1) is 0 Å². The lowest BCUT2D eigenvalue weighted by Crippen LogP contribution is -2.48. The first-order valence-electron chi connectivity index (χ1n) is 7.49. The fraction of sp³-hybridized carbons (Fsp3) is 0.600. The molecule has 108 valence electrons. The Morgan fingerprint density at radius 3 is 2.55 bits per heavy atom. The molecule has 20 heavy (non-hydrogen) atoms. The first-order chi connectivity index (χ1) is 9.83. The van der Waals surface area contributed by atoms with Crippen LogP contribution in [0.5, 0.6) is 0 Å². The zero-order valence-corrected chi connectivity index (χ0v) is 11.9. The van der Waals surface area contributed by atoms with Gasteiger partial charge in [-0.1, -0.05) is 6.07 Å². The van der Waals surface area contributed by atoms with Crippen LogP contribution in [0.1, 0.15) is 12.8 Å². The number of hydrogen-bond acceptors (Lipinski definition) is 4. The Kier molecular flexibility index (Phi) is 4.16. The van der Waals surface area contributed by atoms with Gasteiger partial charge >= 0.3 is 0 Å². The van der Waals surface area contributed by atoms with E-state index in [1.54, 1.807) is 0 Å². The summed E-state index contributed by atoms with van der Waals surface area (Å²) in [7, 11) is 0. The third kappa shape index (κ3) is 3.10. The number of aromatic nitrogens is 1. The Balaban J connectivity index is 1.43. The molecule has 5 heteroatoms. The molecule has 2 fully saturated rings.